The summed E-state index contributed by atoms with van der Waals surface area (Å²) in [7, 11) is 0. The molecule has 1 saturated carbocycles. The zero-order chi connectivity index (χ0) is 12.6. The maximum absolute atomic E-state index is 2.52. The quantitative estimate of drug-likeness (QED) is 0.567. The van der Waals surface area contributed by atoms with Crippen LogP contribution in [0, 0.1) is 0 Å². The van der Waals surface area contributed by atoms with Gasteiger partial charge in [-0.2, -0.15) is 11.8 Å². The first-order valence-electron chi connectivity index (χ1n) is 7.80. The second-order valence-electron chi connectivity index (χ2n) is 6.30. The van der Waals surface area contributed by atoms with Gasteiger partial charge in [-0.05, 0) is 18.1 Å². The van der Waals surface area contributed by atoms with Crippen molar-refractivity contribution in [3.8, 4) is 0 Å². The number of rotatable bonds is 2. The Morgan fingerprint density at radius 2 is 1.06 bits per heavy atom. The lowest BCUT2D eigenvalue weighted by atomic mass is 9.93. The fraction of sp³-hybridized carbons (Fsp3) is 1.00. The van der Waals surface area contributed by atoms with E-state index in [0.717, 1.165) is 5.25 Å². The van der Waals surface area contributed by atoms with Crippen molar-refractivity contribution in [2.24, 2.45) is 0 Å². The average Bonchev–Trinajstić information content (AvgIpc) is 2.22. The minimum absolute atomic E-state index is 0.563. The van der Waals surface area contributed by atoms with Crippen molar-refractivity contribution in [1.29, 1.82) is 0 Å². The summed E-state index contributed by atoms with van der Waals surface area (Å²) >= 11 is 2.23. The molecule has 0 unspecified atom stereocenters. The van der Waals surface area contributed by atoms with E-state index in [2.05, 4.69) is 32.5 Å². The van der Waals surface area contributed by atoms with Crippen molar-refractivity contribution in [2.45, 2.75) is 101 Å². The van der Waals surface area contributed by atoms with Gasteiger partial charge in [0.15, 0.2) is 0 Å². The molecule has 1 rings (SSSR count). The highest BCUT2D eigenvalue weighted by molar-refractivity contribution is 8.01. The van der Waals surface area contributed by atoms with Crippen molar-refractivity contribution < 1.29 is 0 Å². The molecule has 0 aromatic carbocycles. The van der Waals surface area contributed by atoms with Crippen LogP contribution in [-0.4, -0.2) is 10.00 Å². The Bertz CT molecular complexity index is 174. The van der Waals surface area contributed by atoms with Crippen LogP contribution in [0.5, 0.6) is 0 Å². The molecule has 102 valence electrons. The second-order valence-corrected chi connectivity index (χ2v) is 8.46. The van der Waals surface area contributed by atoms with Gasteiger partial charge in [-0.3, -0.25) is 0 Å². The Morgan fingerprint density at radius 1 is 0.706 bits per heavy atom. The molecule has 1 fully saturated rings. The van der Waals surface area contributed by atoms with E-state index in [0.29, 0.717) is 4.75 Å². The Hall–Kier alpha value is 0.350. The van der Waals surface area contributed by atoms with Gasteiger partial charge in [-0.1, -0.05) is 78.6 Å². The smallest absolute Gasteiger partial charge is 0.0134 e. The molecule has 0 heterocycles. The molecule has 0 saturated heterocycles. The van der Waals surface area contributed by atoms with Crippen molar-refractivity contribution in [1.82, 2.24) is 0 Å². The molecule has 1 aliphatic carbocycles. The number of hydrogen-bond donors (Lipinski definition) is 0. The number of thioether (sulfide) groups is 1. The standard InChI is InChI=1S/C16H32S/c1-15(2)17-16(3)13-11-9-7-5-4-6-8-10-12-14-16/h15H,4-14H2,1-3H3. The monoisotopic (exact) mass is 256 g/mol. The third kappa shape index (κ3) is 7.39. The van der Waals surface area contributed by atoms with Gasteiger partial charge in [0, 0.05) is 4.75 Å². The molecule has 0 aliphatic heterocycles. The van der Waals surface area contributed by atoms with Gasteiger partial charge in [-0.15, -0.1) is 0 Å². The molecule has 0 bridgehead atoms. The molecule has 0 aromatic rings. The van der Waals surface area contributed by atoms with Crippen LogP contribution < -0.4 is 0 Å². The highest BCUT2D eigenvalue weighted by Gasteiger charge is 2.25. The van der Waals surface area contributed by atoms with Crippen molar-refractivity contribution in [3.63, 3.8) is 0 Å². The van der Waals surface area contributed by atoms with E-state index in [4.69, 9.17) is 0 Å². The summed E-state index contributed by atoms with van der Waals surface area (Å²) in [5.41, 5.74) is 0. The van der Waals surface area contributed by atoms with E-state index in [9.17, 15) is 0 Å². The van der Waals surface area contributed by atoms with E-state index in [1.807, 2.05) is 0 Å². The minimum Gasteiger partial charge on any atom is -0.153 e. The molecule has 1 heteroatoms. The van der Waals surface area contributed by atoms with Crippen LogP contribution in [0.2, 0.25) is 0 Å². The Kier molecular flexibility index (Phi) is 7.66. The predicted molar refractivity (Wildman–Crippen MR) is 81.9 cm³/mol. The summed E-state index contributed by atoms with van der Waals surface area (Å²) in [4.78, 5) is 0. The molecule has 0 spiro atoms. The molecule has 0 amide bonds. The third-order valence-electron chi connectivity index (χ3n) is 3.93. The van der Waals surface area contributed by atoms with Gasteiger partial charge in [0.1, 0.15) is 0 Å². The Balaban J connectivity index is 2.41. The molecule has 1 aliphatic rings. The lowest BCUT2D eigenvalue weighted by Crippen LogP contribution is -2.22. The number of hydrogen-bond acceptors (Lipinski definition) is 1. The van der Waals surface area contributed by atoms with E-state index in [1.165, 1.54) is 70.6 Å². The first-order chi connectivity index (χ1) is 8.12. The Labute approximate surface area is 113 Å². The fourth-order valence-corrected chi connectivity index (χ4v) is 4.71. The van der Waals surface area contributed by atoms with E-state index in [-0.39, 0.29) is 0 Å². The normalized spacial score (nSPS) is 24.0. The topological polar surface area (TPSA) is 0 Å². The summed E-state index contributed by atoms with van der Waals surface area (Å²) in [6.45, 7) is 7.22. The SMILES string of the molecule is CC(C)SC1(C)CCCCCCCCCCC1. The zero-order valence-corrected chi connectivity index (χ0v) is 13.1. The first-order valence-corrected chi connectivity index (χ1v) is 8.68. The Morgan fingerprint density at radius 3 is 1.41 bits per heavy atom. The molecule has 0 atom stereocenters. The van der Waals surface area contributed by atoms with Crippen molar-refractivity contribution >= 4 is 11.8 Å². The highest BCUT2D eigenvalue weighted by Crippen LogP contribution is 2.38. The molecule has 0 aromatic heterocycles. The summed E-state index contributed by atoms with van der Waals surface area (Å²) in [6.07, 6.45) is 16.1. The van der Waals surface area contributed by atoms with Gasteiger partial charge < -0.3 is 0 Å². The average molecular weight is 256 g/mol. The van der Waals surface area contributed by atoms with Crippen LogP contribution in [-0.2, 0) is 0 Å². The minimum atomic E-state index is 0.563. The highest BCUT2D eigenvalue weighted by atomic mass is 32.2. The predicted octanol–water partition coefficient (Wildman–Crippen LogP) is 6.19. The van der Waals surface area contributed by atoms with Crippen LogP contribution in [0.25, 0.3) is 0 Å². The van der Waals surface area contributed by atoms with Gasteiger partial charge in [0.05, 0.1) is 0 Å². The largest absolute Gasteiger partial charge is 0.153 e. The molecule has 0 nitrogen and oxygen atoms in total. The van der Waals surface area contributed by atoms with Gasteiger partial charge in [0.2, 0.25) is 0 Å². The maximum atomic E-state index is 2.52. The van der Waals surface area contributed by atoms with Crippen molar-refractivity contribution in [2.75, 3.05) is 0 Å². The van der Waals surface area contributed by atoms with Crippen molar-refractivity contribution in [3.05, 3.63) is 0 Å². The molecule has 0 N–H and O–H groups in total. The van der Waals surface area contributed by atoms with E-state index >= 15 is 0 Å². The van der Waals surface area contributed by atoms with Crippen LogP contribution in [0.15, 0.2) is 0 Å². The van der Waals surface area contributed by atoms with E-state index < -0.39 is 0 Å². The third-order valence-corrected chi connectivity index (χ3v) is 5.38. The molecular weight excluding hydrogens is 224 g/mol. The summed E-state index contributed by atoms with van der Waals surface area (Å²) < 4.78 is 0.563. The molecule has 0 radical (unpaired) electrons. The molecule has 17 heavy (non-hydrogen) atoms. The zero-order valence-electron chi connectivity index (χ0n) is 12.3. The summed E-state index contributed by atoms with van der Waals surface area (Å²) in [5.74, 6) is 0. The van der Waals surface area contributed by atoms with Crippen LogP contribution >= 0.6 is 11.8 Å². The molecular formula is C16H32S. The van der Waals surface area contributed by atoms with E-state index in [1.54, 1.807) is 0 Å². The fourth-order valence-electron chi connectivity index (χ4n) is 3.05. The summed E-state index contributed by atoms with van der Waals surface area (Å²) in [6, 6.07) is 0. The lowest BCUT2D eigenvalue weighted by molar-refractivity contribution is 0.450. The van der Waals surface area contributed by atoms with Gasteiger partial charge >= 0.3 is 0 Å². The summed E-state index contributed by atoms with van der Waals surface area (Å²) in [5, 5.41) is 0.785. The lowest BCUT2D eigenvalue weighted by Gasteiger charge is -2.31. The van der Waals surface area contributed by atoms with Crippen LogP contribution in [0.4, 0.5) is 0 Å². The maximum Gasteiger partial charge on any atom is 0.0134 e. The van der Waals surface area contributed by atoms with Gasteiger partial charge in [-0.25, -0.2) is 0 Å². The first kappa shape index (κ1) is 15.4. The van der Waals surface area contributed by atoms with Crippen LogP contribution in [0.1, 0.15) is 91.4 Å². The van der Waals surface area contributed by atoms with Gasteiger partial charge in [0.25, 0.3) is 0 Å². The van der Waals surface area contributed by atoms with Crippen LogP contribution in [0.3, 0.4) is 0 Å². The second kappa shape index (κ2) is 8.45.